The standard InChI is InChI=1S/C7H11NO3S/c9-4-8-6-1-2-12-3-5(6)7(10)11/h4-6H,1-3H2,(H,8,9)(H,10,11). The maximum atomic E-state index is 10.7. The van der Waals surface area contributed by atoms with Gasteiger partial charge in [0.25, 0.3) is 0 Å². The first-order chi connectivity index (χ1) is 5.75. The fourth-order valence-corrected chi connectivity index (χ4v) is 2.48. The van der Waals surface area contributed by atoms with Crippen molar-refractivity contribution in [1.29, 1.82) is 0 Å². The highest BCUT2D eigenvalue weighted by Gasteiger charge is 2.30. The number of hydrogen-bond acceptors (Lipinski definition) is 3. The Kier molecular flexibility index (Phi) is 3.40. The van der Waals surface area contributed by atoms with Crippen LogP contribution in [0, 0.1) is 5.92 Å². The van der Waals surface area contributed by atoms with Crippen molar-refractivity contribution < 1.29 is 14.7 Å². The molecule has 0 radical (unpaired) electrons. The largest absolute Gasteiger partial charge is 0.481 e. The van der Waals surface area contributed by atoms with Gasteiger partial charge in [-0.15, -0.1) is 0 Å². The molecule has 0 aliphatic carbocycles. The molecule has 4 nitrogen and oxygen atoms in total. The zero-order chi connectivity index (χ0) is 8.97. The first-order valence-electron chi connectivity index (χ1n) is 3.76. The fraction of sp³-hybridized carbons (Fsp3) is 0.714. The molecule has 1 fully saturated rings. The Bertz CT molecular complexity index is 185. The van der Waals surface area contributed by atoms with Gasteiger partial charge in [0.1, 0.15) is 0 Å². The zero-order valence-electron chi connectivity index (χ0n) is 6.53. The van der Waals surface area contributed by atoms with Crippen LogP contribution in [0.5, 0.6) is 0 Å². The van der Waals surface area contributed by atoms with E-state index in [0.717, 1.165) is 12.2 Å². The molecule has 1 saturated heterocycles. The Morgan fingerprint density at radius 3 is 3.00 bits per heavy atom. The van der Waals surface area contributed by atoms with E-state index in [9.17, 15) is 9.59 Å². The van der Waals surface area contributed by atoms with E-state index >= 15 is 0 Å². The third-order valence-corrected chi connectivity index (χ3v) is 3.07. The molecule has 0 saturated carbocycles. The molecule has 12 heavy (non-hydrogen) atoms. The van der Waals surface area contributed by atoms with Gasteiger partial charge >= 0.3 is 5.97 Å². The second-order valence-corrected chi connectivity index (χ2v) is 3.85. The minimum atomic E-state index is -0.818. The van der Waals surface area contributed by atoms with Crippen LogP contribution in [0.4, 0.5) is 0 Å². The van der Waals surface area contributed by atoms with Gasteiger partial charge in [0.2, 0.25) is 6.41 Å². The summed E-state index contributed by atoms with van der Waals surface area (Å²) in [5.74, 6) is 0.284. The summed E-state index contributed by atoms with van der Waals surface area (Å²) in [6.07, 6.45) is 1.33. The van der Waals surface area contributed by atoms with Crippen molar-refractivity contribution in [2.24, 2.45) is 5.92 Å². The van der Waals surface area contributed by atoms with Crippen LogP contribution in [0.2, 0.25) is 0 Å². The third-order valence-electron chi connectivity index (χ3n) is 1.96. The molecular formula is C7H11NO3S. The average molecular weight is 189 g/mol. The minimum absolute atomic E-state index is 0.179. The summed E-state index contributed by atoms with van der Waals surface area (Å²) in [7, 11) is 0. The second kappa shape index (κ2) is 4.35. The van der Waals surface area contributed by atoms with Gasteiger partial charge in [0.15, 0.2) is 0 Å². The predicted molar refractivity (Wildman–Crippen MR) is 46.1 cm³/mol. The van der Waals surface area contributed by atoms with Crippen LogP contribution in [0.1, 0.15) is 6.42 Å². The molecular weight excluding hydrogens is 178 g/mol. The first kappa shape index (κ1) is 9.38. The number of amides is 1. The van der Waals surface area contributed by atoms with Crippen LogP contribution in [0.25, 0.3) is 0 Å². The lowest BCUT2D eigenvalue weighted by molar-refractivity contribution is -0.142. The van der Waals surface area contributed by atoms with Gasteiger partial charge in [-0.3, -0.25) is 9.59 Å². The maximum absolute atomic E-state index is 10.7. The second-order valence-electron chi connectivity index (χ2n) is 2.70. The number of aliphatic carboxylic acids is 1. The number of rotatable bonds is 3. The van der Waals surface area contributed by atoms with Crippen molar-refractivity contribution in [2.75, 3.05) is 11.5 Å². The monoisotopic (exact) mass is 189 g/mol. The number of nitrogens with one attached hydrogen (secondary N) is 1. The van der Waals surface area contributed by atoms with E-state index in [0.29, 0.717) is 12.2 Å². The molecule has 1 amide bonds. The smallest absolute Gasteiger partial charge is 0.309 e. The van der Waals surface area contributed by atoms with Crippen LogP contribution in [0.3, 0.4) is 0 Å². The van der Waals surface area contributed by atoms with Crippen LogP contribution in [0.15, 0.2) is 0 Å². The Morgan fingerprint density at radius 2 is 2.42 bits per heavy atom. The quantitative estimate of drug-likeness (QED) is 0.610. The minimum Gasteiger partial charge on any atom is -0.481 e. The highest BCUT2D eigenvalue weighted by molar-refractivity contribution is 7.99. The average Bonchev–Trinajstić information content (AvgIpc) is 2.05. The molecule has 2 atom stereocenters. The van der Waals surface area contributed by atoms with Crippen molar-refractivity contribution >= 4 is 24.1 Å². The maximum Gasteiger partial charge on any atom is 0.309 e. The summed E-state index contributed by atoms with van der Waals surface area (Å²) in [6, 6.07) is -0.179. The summed E-state index contributed by atoms with van der Waals surface area (Å²) in [5.41, 5.74) is 0. The lowest BCUT2D eigenvalue weighted by Crippen LogP contribution is -2.43. The molecule has 0 spiro atoms. The topological polar surface area (TPSA) is 66.4 Å². The van der Waals surface area contributed by atoms with Gasteiger partial charge in [0, 0.05) is 11.8 Å². The summed E-state index contributed by atoms with van der Waals surface area (Å²) < 4.78 is 0. The van der Waals surface area contributed by atoms with Gasteiger partial charge < -0.3 is 10.4 Å². The van der Waals surface area contributed by atoms with E-state index in [4.69, 9.17) is 5.11 Å². The Morgan fingerprint density at radius 1 is 1.67 bits per heavy atom. The van der Waals surface area contributed by atoms with Gasteiger partial charge in [-0.2, -0.15) is 11.8 Å². The van der Waals surface area contributed by atoms with E-state index < -0.39 is 11.9 Å². The highest BCUT2D eigenvalue weighted by atomic mass is 32.2. The molecule has 68 valence electrons. The first-order valence-corrected chi connectivity index (χ1v) is 4.91. The summed E-state index contributed by atoms with van der Waals surface area (Å²) in [4.78, 5) is 20.8. The molecule has 1 heterocycles. The van der Waals surface area contributed by atoms with Crippen LogP contribution in [-0.2, 0) is 9.59 Å². The lowest BCUT2D eigenvalue weighted by Gasteiger charge is -2.27. The zero-order valence-corrected chi connectivity index (χ0v) is 7.34. The molecule has 0 aromatic carbocycles. The molecule has 2 N–H and O–H groups in total. The normalized spacial score (nSPS) is 29.3. The number of carbonyl (C=O) groups excluding carboxylic acids is 1. The highest BCUT2D eigenvalue weighted by Crippen LogP contribution is 2.23. The SMILES string of the molecule is O=CNC1CCSCC1C(=O)O. The molecule has 1 aliphatic heterocycles. The number of thioether (sulfide) groups is 1. The van der Waals surface area contributed by atoms with Crippen molar-refractivity contribution in [3.63, 3.8) is 0 Å². The molecule has 1 aliphatic rings. The Hall–Kier alpha value is -0.710. The molecule has 5 heteroatoms. The molecule has 0 aromatic heterocycles. The molecule has 1 rings (SSSR count). The van der Waals surface area contributed by atoms with Gasteiger partial charge in [0.05, 0.1) is 5.92 Å². The van der Waals surface area contributed by atoms with Crippen LogP contribution >= 0.6 is 11.8 Å². The van der Waals surface area contributed by atoms with Crippen molar-refractivity contribution in [3.05, 3.63) is 0 Å². The number of carboxylic acids is 1. The summed E-state index contributed by atoms with van der Waals surface area (Å²) in [6.45, 7) is 0. The molecule has 0 bridgehead atoms. The number of carbonyl (C=O) groups is 2. The fourth-order valence-electron chi connectivity index (χ4n) is 1.27. The third kappa shape index (κ3) is 2.14. The van der Waals surface area contributed by atoms with Gasteiger partial charge in [-0.1, -0.05) is 0 Å². The van der Waals surface area contributed by atoms with E-state index in [1.54, 1.807) is 11.8 Å². The number of hydrogen-bond donors (Lipinski definition) is 2. The summed E-state index contributed by atoms with van der Waals surface area (Å²) in [5, 5.41) is 11.3. The van der Waals surface area contributed by atoms with E-state index in [-0.39, 0.29) is 6.04 Å². The van der Waals surface area contributed by atoms with Crippen LogP contribution < -0.4 is 5.32 Å². The van der Waals surface area contributed by atoms with E-state index in [1.165, 1.54) is 0 Å². The van der Waals surface area contributed by atoms with Crippen molar-refractivity contribution in [1.82, 2.24) is 5.32 Å². The van der Waals surface area contributed by atoms with Gasteiger partial charge in [-0.25, -0.2) is 0 Å². The Labute approximate surface area is 74.7 Å². The van der Waals surface area contributed by atoms with Crippen molar-refractivity contribution in [2.45, 2.75) is 12.5 Å². The molecule has 0 aromatic rings. The van der Waals surface area contributed by atoms with Gasteiger partial charge in [-0.05, 0) is 12.2 Å². The molecule has 2 unspecified atom stereocenters. The Balaban J connectivity index is 2.53. The van der Waals surface area contributed by atoms with E-state index in [1.807, 2.05) is 0 Å². The van der Waals surface area contributed by atoms with Crippen molar-refractivity contribution in [3.8, 4) is 0 Å². The lowest BCUT2D eigenvalue weighted by atomic mass is 9.99. The predicted octanol–water partition coefficient (Wildman–Crippen LogP) is -0.0613. The van der Waals surface area contributed by atoms with E-state index in [2.05, 4.69) is 5.32 Å². The summed E-state index contributed by atoms with van der Waals surface area (Å²) >= 11 is 1.62. The number of carboxylic acid groups (broad SMARTS) is 1. The van der Waals surface area contributed by atoms with Crippen LogP contribution in [-0.4, -0.2) is 35.0 Å².